The van der Waals surface area contributed by atoms with Crippen molar-refractivity contribution in [2.24, 2.45) is 0 Å². The quantitative estimate of drug-likeness (QED) is 0.822. The smallest absolute Gasteiger partial charge is 0.221 e. The highest BCUT2D eigenvalue weighted by Gasteiger charge is 2.04. The molecule has 2 N–H and O–H groups in total. The molecule has 3 nitrogen and oxygen atoms in total. The van der Waals surface area contributed by atoms with Crippen LogP contribution in [0.25, 0.3) is 0 Å². The SMILES string of the molecule is CC(=O)Nc1ccc(C[C@H](C)NC(C)C)cc1. The molecule has 0 bridgehead atoms. The van der Waals surface area contributed by atoms with Gasteiger partial charge in [0.1, 0.15) is 0 Å². The van der Waals surface area contributed by atoms with Crippen molar-refractivity contribution in [1.29, 1.82) is 0 Å². The molecule has 1 atom stereocenters. The van der Waals surface area contributed by atoms with Gasteiger partial charge in [-0.15, -0.1) is 0 Å². The summed E-state index contributed by atoms with van der Waals surface area (Å²) in [5.74, 6) is -0.0346. The molecule has 1 amide bonds. The predicted octanol–water partition coefficient (Wildman–Crippen LogP) is 2.57. The van der Waals surface area contributed by atoms with Crippen LogP contribution in [-0.4, -0.2) is 18.0 Å². The van der Waals surface area contributed by atoms with Crippen LogP contribution in [0, 0.1) is 0 Å². The first-order valence-electron chi connectivity index (χ1n) is 6.10. The molecule has 0 saturated carbocycles. The molecule has 0 spiro atoms. The van der Waals surface area contributed by atoms with Crippen LogP contribution in [0.2, 0.25) is 0 Å². The van der Waals surface area contributed by atoms with E-state index in [0.717, 1.165) is 12.1 Å². The van der Waals surface area contributed by atoms with Gasteiger partial charge in [-0.3, -0.25) is 4.79 Å². The van der Waals surface area contributed by atoms with Crippen molar-refractivity contribution in [1.82, 2.24) is 5.32 Å². The van der Waals surface area contributed by atoms with E-state index in [9.17, 15) is 4.79 Å². The van der Waals surface area contributed by atoms with Gasteiger partial charge in [-0.1, -0.05) is 26.0 Å². The van der Waals surface area contributed by atoms with Crippen LogP contribution in [0.5, 0.6) is 0 Å². The number of hydrogen-bond acceptors (Lipinski definition) is 2. The second-order valence-corrected chi connectivity index (χ2v) is 4.80. The molecule has 0 heterocycles. The molecule has 0 aromatic heterocycles. The topological polar surface area (TPSA) is 41.1 Å². The number of nitrogens with one attached hydrogen (secondary N) is 2. The lowest BCUT2D eigenvalue weighted by Gasteiger charge is -2.16. The molecule has 0 unspecified atom stereocenters. The third-order valence-corrected chi connectivity index (χ3v) is 2.43. The Hall–Kier alpha value is -1.35. The Balaban J connectivity index is 2.53. The minimum Gasteiger partial charge on any atom is -0.326 e. The Morgan fingerprint density at radius 2 is 1.76 bits per heavy atom. The molecule has 0 aliphatic rings. The lowest BCUT2D eigenvalue weighted by molar-refractivity contribution is -0.114. The normalized spacial score (nSPS) is 12.5. The first-order chi connectivity index (χ1) is 7.97. The number of rotatable bonds is 5. The van der Waals surface area contributed by atoms with Gasteiger partial charge in [0.25, 0.3) is 0 Å². The van der Waals surface area contributed by atoms with Gasteiger partial charge in [-0.25, -0.2) is 0 Å². The van der Waals surface area contributed by atoms with E-state index in [1.807, 2.05) is 12.1 Å². The van der Waals surface area contributed by atoms with Crippen LogP contribution in [0.4, 0.5) is 5.69 Å². The van der Waals surface area contributed by atoms with E-state index >= 15 is 0 Å². The highest BCUT2D eigenvalue weighted by Crippen LogP contribution is 2.11. The molecule has 3 heteroatoms. The van der Waals surface area contributed by atoms with E-state index in [1.165, 1.54) is 12.5 Å². The molecule has 0 fully saturated rings. The lowest BCUT2D eigenvalue weighted by atomic mass is 10.1. The van der Waals surface area contributed by atoms with Gasteiger partial charge >= 0.3 is 0 Å². The maximum absolute atomic E-state index is 10.9. The molecule has 0 radical (unpaired) electrons. The fourth-order valence-electron chi connectivity index (χ4n) is 1.91. The number of amides is 1. The standard InChI is InChI=1S/C14H22N2O/c1-10(2)15-11(3)9-13-5-7-14(8-6-13)16-12(4)17/h5-8,10-11,15H,9H2,1-4H3,(H,16,17)/t11-/m0/s1. The molecule has 1 aromatic carbocycles. The number of hydrogen-bond donors (Lipinski definition) is 2. The van der Waals surface area contributed by atoms with E-state index < -0.39 is 0 Å². The number of carbonyl (C=O) groups is 1. The van der Waals surface area contributed by atoms with Crippen LogP contribution < -0.4 is 10.6 Å². The summed E-state index contributed by atoms with van der Waals surface area (Å²) in [7, 11) is 0. The van der Waals surface area contributed by atoms with Gasteiger partial charge in [-0.05, 0) is 31.0 Å². The Morgan fingerprint density at radius 1 is 1.18 bits per heavy atom. The van der Waals surface area contributed by atoms with Crippen molar-refractivity contribution in [3.05, 3.63) is 29.8 Å². The molecular formula is C14H22N2O. The van der Waals surface area contributed by atoms with Crippen LogP contribution >= 0.6 is 0 Å². The van der Waals surface area contributed by atoms with Gasteiger partial charge in [0.2, 0.25) is 5.91 Å². The van der Waals surface area contributed by atoms with Crippen molar-refractivity contribution >= 4 is 11.6 Å². The van der Waals surface area contributed by atoms with Crippen LogP contribution in [0.15, 0.2) is 24.3 Å². The predicted molar refractivity (Wildman–Crippen MR) is 72.2 cm³/mol. The van der Waals surface area contributed by atoms with Crippen molar-refractivity contribution in [3.63, 3.8) is 0 Å². The summed E-state index contributed by atoms with van der Waals surface area (Å²) in [5, 5.41) is 6.23. The van der Waals surface area contributed by atoms with Crippen molar-refractivity contribution in [2.45, 2.75) is 46.2 Å². The molecule has 94 valence electrons. The highest BCUT2D eigenvalue weighted by atomic mass is 16.1. The summed E-state index contributed by atoms with van der Waals surface area (Å²) in [6.45, 7) is 8.00. The summed E-state index contributed by atoms with van der Waals surface area (Å²) >= 11 is 0. The third kappa shape index (κ3) is 5.50. The first-order valence-corrected chi connectivity index (χ1v) is 6.10. The maximum atomic E-state index is 10.9. The fourth-order valence-corrected chi connectivity index (χ4v) is 1.91. The van der Waals surface area contributed by atoms with Crippen LogP contribution in [-0.2, 0) is 11.2 Å². The molecular weight excluding hydrogens is 212 g/mol. The lowest BCUT2D eigenvalue weighted by Crippen LogP contribution is -2.33. The minimum absolute atomic E-state index is 0.0346. The highest BCUT2D eigenvalue weighted by molar-refractivity contribution is 5.88. The average molecular weight is 234 g/mol. The number of benzene rings is 1. The van der Waals surface area contributed by atoms with Gasteiger partial charge in [0.15, 0.2) is 0 Å². The monoisotopic (exact) mass is 234 g/mol. The molecule has 1 aromatic rings. The fraction of sp³-hybridized carbons (Fsp3) is 0.500. The summed E-state index contributed by atoms with van der Waals surface area (Å²) in [6, 6.07) is 8.97. The second kappa shape index (κ2) is 6.40. The van der Waals surface area contributed by atoms with Gasteiger partial charge in [0.05, 0.1) is 0 Å². The van der Waals surface area contributed by atoms with E-state index in [0.29, 0.717) is 12.1 Å². The van der Waals surface area contributed by atoms with E-state index in [2.05, 4.69) is 43.5 Å². The number of carbonyl (C=O) groups excluding carboxylic acids is 1. The van der Waals surface area contributed by atoms with E-state index in [1.54, 1.807) is 0 Å². The maximum Gasteiger partial charge on any atom is 0.221 e. The van der Waals surface area contributed by atoms with Gasteiger partial charge < -0.3 is 10.6 Å². The van der Waals surface area contributed by atoms with E-state index in [4.69, 9.17) is 0 Å². The largest absolute Gasteiger partial charge is 0.326 e. The zero-order valence-electron chi connectivity index (χ0n) is 11.1. The first kappa shape index (κ1) is 13.7. The van der Waals surface area contributed by atoms with Gasteiger partial charge in [-0.2, -0.15) is 0 Å². The number of anilines is 1. The second-order valence-electron chi connectivity index (χ2n) is 4.80. The molecule has 0 aliphatic heterocycles. The Bertz CT molecular complexity index is 357. The van der Waals surface area contributed by atoms with Crippen molar-refractivity contribution < 1.29 is 4.79 Å². The summed E-state index contributed by atoms with van der Waals surface area (Å²) in [6.07, 6.45) is 0.999. The Kier molecular flexibility index (Phi) is 5.16. The van der Waals surface area contributed by atoms with Crippen molar-refractivity contribution in [2.75, 3.05) is 5.32 Å². The Morgan fingerprint density at radius 3 is 2.24 bits per heavy atom. The van der Waals surface area contributed by atoms with Crippen LogP contribution in [0.3, 0.4) is 0 Å². The van der Waals surface area contributed by atoms with Gasteiger partial charge in [0, 0.05) is 24.7 Å². The summed E-state index contributed by atoms with van der Waals surface area (Å²) < 4.78 is 0. The third-order valence-electron chi connectivity index (χ3n) is 2.43. The Labute approximate surface area is 104 Å². The molecule has 0 aliphatic carbocycles. The zero-order chi connectivity index (χ0) is 12.8. The zero-order valence-corrected chi connectivity index (χ0v) is 11.1. The molecule has 1 rings (SSSR count). The van der Waals surface area contributed by atoms with Crippen molar-refractivity contribution in [3.8, 4) is 0 Å². The van der Waals surface area contributed by atoms with Crippen LogP contribution in [0.1, 0.15) is 33.3 Å². The minimum atomic E-state index is -0.0346. The van der Waals surface area contributed by atoms with E-state index in [-0.39, 0.29) is 5.91 Å². The average Bonchev–Trinajstić information content (AvgIpc) is 2.18. The molecule has 0 saturated heterocycles. The summed E-state index contributed by atoms with van der Waals surface area (Å²) in [4.78, 5) is 10.9. The summed E-state index contributed by atoms with van der Waals surface area (Å²) in [5.41, 5.74) is 2.13. The molecule has 17 heavy (non-hydrogen) atoms.